The predicted molar refractivity (Wildman–Crippen MR) is 110 cm³/mol. The Morgan fingerprint density at radius 3 is 2.69 bits per heavy atom. The number of benzene rings is 1. The summed E-state index contributed by atoms with van der Waals surface area (Å²) in [4.78, 5) is 9.59. The summed E-state index contributed by atoms with van der Waals surface area (Å²) in [6.07, 6.45) is 2.54. The molecule has 1 saturated heterocycles. The first kappa shape index (κ1) is 19.6. The van der Waals surface area contributed by atoms with Crippen molar-refractivity contribution < 1.29 is 14.0 Å². The molecule has 4 rings (SSSR count). The average molecular weight is 399 g/mol. The zero-order valence-corrected chi connectivity index (χ0v) is 17.0. The van der Waals surface area contributed by atoms with E-state index >= 15 is 0 Å². The number of hydrogen-bond donors (Lipinski definition) is 1. The van der Waals surface area contributed by atoms with Crippen molar-refractivity contribution in [1.29, 1.82) is 0 Å². The molecule has 2 aliphatic rings. The van der Waals surface area contributed by atoms with Crippen LogP contribution in [0.15, 0.2) is 40.0 Å². The topological polar surface area (TPSA) is 75.4 Å². The van der Waals surface area contributed by atoms with E-state index in [-0.39, 0.29) is 0 Å². The Bertz CT molecular complexity index is 801. The Balaban J connectivity index is 1.36. The van der Waals surface area contributed by atoms with Gasteiger partial charge in [0, 0.05) is 51.8 Å². The maximum atomic E-state index is 5.80. The van der Waals surface area contributed by atoms with Crippen molar-refractivity contribution >= 4 is 5.96 Å². The molecule has 0 atom stereocenters. The molecule has 0 radical (unpaired) electrons. The van der Waals surface area contributed by atoms with Crippen LogP contribution in [0.5, 0.6) is 11.5 Å². The van der Waals surface area contributed by atoms with Gasteiger partial charge in [0.05, 0.1) is 25.5 Å². The zero-order valence-electron chi connectivity index (χ0n) is 17.0. The van der Waals surface area contributed by atoms with Crippen LogP contribution in [0, 0.1) is 0 Å². The van der Waals surface area contributed by atoms with E-state index < -0.39 is 0 Å². The van der Waals surface area contributed by atoms with Crippen molar-refractivity contribution in [3.63, 3.8) is 0 Å². The molecule has 29 heavy (non-hydrogen) atoms. The smallest absolute Gasteiger partial charge is 0.194 e. The average Bonchev–Trinajstić information content (AvgIpc) is 3.14. The van der Waals surface area contributed by atoms with E-state index in [0.29, 0.717) is 19.8 Å². The van der Waals surface area contributed by atoms with E-state index in [1.54, 1.807) is 6.26 Å². The molecule has 0 bridgehead atoms. The minimum absolute atomic E-state index is 0.609. The lowest BCUT2D eigenvalue weighted by Crippen LogP contribution is -2.52. The molecule has 0 amide bonds. The number of hydrogen-bond acceptors (Lipinski definition) is 6. The van der Waals surface area contributed by atoms with Gasteiger partial charge >= 0.3 is 0 Å². The number of piperazine rings is 1. The van der Waals surface area contributed by atoms with Crippen LogP contribution in [-0.2, 0) is 13.1 Å². The third kappa shape index (κ3) is 5.20. The third-order valence-electron chi connectivity index (χ3n) is 5.11. The monoisotopic (exact) mass is 399 g/mol. The van der Waals surface area contributed by atoms with Crippen molar-refractivity contribution in [2.75, 3.05) is 45.9 Å². The van der Waals surface area contributed by atoms with Gasteiger partial charge in [0.2, 0.25) is 0 Å². The molecule has 0 saturated carbocycles. The van der Waals surface area contributed by atoms with Gasteiger partial charge in [0.15, 0.2) is 17.5 Å². The highest BCUT2D eigenvalue weighted by molar-refractivity contribution is 5.80. The first-order chi connectivity index (χ1) is 14.3. The fraction of sp³-hybridized carbons (Fsp3) is 0.524. The van der Waals surface area contributed by atoms with Gasteiger partial charge in [-0.2, -0.15) is 0 Å². The Kier molecular flexibility index (Phi) is 6.51. The molecular weight excluding hydrogens is 370 g/mol. The number of fused-ring (bicyclic) bond motifs is 1. The molecule has 3 heterocycles. The van der Waals surface area contributed by atoms with Crippen LogP contribution in [0.2, 0.25) is 0 Å². The zero-order chi connectivity index (χ0) is 19.9. The molecule has 1 N–H and O–H groups in total. The normalized spacial score (nSPS) is 17.8. The maximum absolute atomic E-state index is 5.80. The minimum Gasteiger partial charge on any atom is -0.490 e. The highest BCUT2D eigenvalue weighted by Gasteiger charge is 2.20. The summed E-state index contributed by atoms with van der Waals surface area (Å²) in [6, 6.07) is 8.02. The highest BCUT2D eigenvalue weighted by atomic mass is 16.5. The standard InChI is InChI=1S/C21H29N5O3/c1-2-22-21(26-9-7-25(8-10-26)16-18-6-13-29-24-18)23-15-17-4-5-19-20(14-17)28-12-3-11-27-19/h4-6,13-14H,2-3,7-12,15-16H2,1H3,(H,22,23). The lowest BCUT2D eigenvalue weighted by atomic mass is 10.2. The summed E-state index contributed by atoms with van der Waals surface area (Å²) in [5, 5.41) is 7.44. The first-order valence-corrected chi connectivity index (χ1v) is 10.3. The lowest BCUT2D eigenvalue weighted by molar-refractivity contribution is 0.169. The Hall–Kier alpha value is -2.74. The lowest BCUT2D eigenvalue weighted by Gasteiger charge is -2.36. The summed E-state index contributed by atoms with van der Waals surface area (Å²) >= 11 is 0. The van der Waals surface area contributed by atoms with E-state index in [0.717, 1.165) is 74.4 Å². The summed E-state index contributed by atoms with van der Waals surface area (Å²) in [5.74, 6) is 2.60. The van der Waals surface area contributed by atoms with Gasteiger partial charge in [0.1, 0.15) is 6.26 Å². The molecule has 156 valence electrons. The van der Waals surface area contributed by atoms with Crippen molar-refractivity contribution in [1.82, 2.24) is 20.3 Å². The molecule has 1 fully saturated rings. The minimum atomic E-state index is 0.609. The van der Waals surface area contributed by atoms with Crippen LogP contribution < -0.4 is 14.8 Å². The van der Waals surface area contributed by atoms with Gasteiger partial charge in [-0.15, -0.1) is 0 Å². The molecule has 0 unspecified atom stereocenters. The molecule has 8 heteroatoms. The number of guanidine groups is 1. The first-order valence-electron chi connectivity index (χ1n) is 10.3. The fourth-order valence-corrected chi connectivity index (χ4v) is 3.56. The van der Waals surface area contributed by atoms with Gasteiger partial charge in [-0.05, 0) is 24.6 Å². The third-order valence-corrected chi connectivity index (χ3v) is 5.11. The second-order valence-corrected chi connectivity index (χ2v) is 7.26. The van der Waals surface area contributed by atoms with Crippen molar-refractivity contribution in [3.8, 4) is 11.5 Å². The highest BCUT2D eigenvalue weighted by Crippen LogP contribution is 2.30. The van der Waals surface area contributed by atoms with Crippen LogP contribution >= 0.6 is 0 Å². The maximum Gasteiger partial charge on any atom is 0.194 e. The molecule has 0 aliphatic carbocycles. The fourth-order valence-electron chi connectivity index (χ4n) is 3.56. The van der Waals surface area contributed by atoms with Gasteiger partial charge in [-0.3, -0.25) is 4.90 Å². The Labute approximate surface area is 171 Å². The molecule has 1 aromatic carbocycles. The van der Waals surface area contributed by atoms with Crippen molar-refractivity contribution in [3.05, 3.63) is 41.8 Å². The summed E-state index contributed by atoms with van der Waals surface area (Å²) in [6.45, 7) is 9.60. The summed E-state index contributed by atoms with van der Waals surface area (Å²) in [7, 11) is 0. The number of nitrogens with one attached hydrogen (secondary N) is 1. The van der Waals surface area contributed by atoms with Crippen LogP contribution in [0.4, 0.5) is 0 Å². The number of nitrogens with zero attached hydrogens (tertiary/aromatic N) is 4. The van der Waals surface area contributed by atoms with Crippen LogP contribution in [-0.4, -0.2) is 66.9 Å². The second-order valence-electron chi connectivity index (χ2n) is 7.26. The number of aliphatic imine (C=N–C) groups is 1. The van der Waals surface area contributed by atoms with E-state index in [9.17, 15) is 0 Å². The van der Waals surface area contributed by atoms with E-state index in [1.807, 2.05) is 18.2 Å². The number of ether oxygens (including phenoxy) is 2. The van der Waals surface area contributed by atoms with E-state index in [4.69, 9.17) is 19.0 Å². The molecule has 1 aromatic heterocycles. The van der Waals surface area contributed by atoms with Crippen molar-refractivity contribution in [2.24, 2.45) is 4.99 Å². The molecule has 0 spiro atoms. The quantitative estimate of drug-likeness (QED) is 0.610. The van der Waals surface area contributed by atoms with Gasteiger partial charge in [-0.25, -0.2) is 4.99 Å². The SMILES string of the molecule is CCNC(=NCc1ccc2c(c1)OCCCO2)N1CCN(Cc2ccon2)CC1. The molecule has 2 aliphatic heterocycles. The van der Waals surface area contributed by atoms with E-state index in [2.05, 4.69) is 33.3 Å². The van der Waals surface area contributed by atoms with Gasteiger partial charge in [0.25, 0.3) is 0 Å². The Morgan fingerprint density at radius 2 is 1.93 bits per heavy atom. The van der Waals surface area contributed by atoms with Crippen LogP contribution in [0.25, 0.3) is 0 Å². The number of aromatic nitrogens is 1. The molecule has 8 nitrogen and oxygen atoms in total. The number of rotatable bonds is 5. The van der Waals surface area contributed by atoms with Crippen LogP contribution in [0.1, 0.15) is 24.6 Å². The largest absolute Gasteiger partial charge is 0.490 e. The Morgan fingerprint density at radius 1 is 1.10 bits per heavy atom. The summed E-state index contributed by atoms with van der Waals surface area (Å²) < 4.78 is 16.4. The molecular formula is C21H29N5O3. The molecule has 2 aromatic rings. The van der Waals surface area contributed by atoms with Crippen molar-refractivity contribution in [2.45, 2.75) is 26.4 Å². The summed E-state index contributed by atoms with van der Waals surface area (Å²) in [5.41, 5.74) is 2.10. The van der Waals surface area contributed by atoms with Gasteiger partial charge in [-0.1, -0.05) is 11.2 Å². The van der Waals surface area contributed by atoms with Crippen LogP contribution in [0.3, 0.4) is 0 Å². The van der Waals surface area contributed by atoms with Gasteiger partial charge < -0.3 is 24.2 Å². The predicted octanol–water partition coefficient (Wildman–Crippen LogP) is 2.12. The second kappa shape index (κ2) is 9.65. The van der Waals surface area contributed by atoms with E-state index in [1.165, 1.54) is 0 Å².